The van der Waals surface area contributed by atoms with Crippen LogP contribution in [0.25, 0.3) is 0 Å². The van der Waals surface area contributed by atoms with Gasteiger partial charge in [0.2, 0.25) is 15.9 Å². The number of nitrogens with one attached hydrogen (secondary N) is 1. The van der Waals surface area contributed by atoms with Gasteiger partial charge in [-0.1, -0.05) is 11.6 Å². The molecule has 1 aromatic rings. The molecule has 1 atom stereocenters. The van der Waals surface area contributed by atoms with Gasteiger partial charge in [0.05, 0.1) is 9.92 Å². The fourth-order valence-electron chi connectivity index (χ4n) is 2.59. The highest BCUT2D eigenvalue weighted by Gasteiger charge is 2.40. The molecule has 120 valence electrons. The lowest BCUT2D eigenvalue weighted by molar-refractivity contribution is -0.124. The minimum Gasteiger partial charge on any atom is -0.352 e. The van der Waals surface area contributed by atoms with Crippen molar-refractivity contribution in [2.75, 3.05) is 6.54 Å². The third-order valence-corrected chi connectivity index (χ3v) is 6.12. The van der Waals surface area contributed by atoms with Crippen LogP contribution in [0.5, 0.6) is 0 Å². The predicted molar refractivity (Wildman–Crippen MR) is 79.5 cm³/mol. The van der Waals surface area contributed by atoms with Gasteiger partial charge in [0.1, 0.15) is 11.9 Å². The van der Waals surface area contributed by atoms with E-state index in [1.807, 2.05) is 0 Å². The van der Waals surface area contributed by atoms with Gasteiger partial charge in [-0.05, 0) is 43.9 Å². The Labute approximate surface area is 133 Å². The van der Waals surface area contributed by atoms with Crippen LogP contribution in [-0.2, 0) is 14.8 Å². The van der Waals surface area contributed by atoms with Crippen LogP contribution in [0.15, 0.2) is 23.1 Å². The molecule has 1 aliphatic heterocycles. The summed E-state index contributed by atoms with van der Waals surface area (Å²) in [5.74, 6) is -0.929. The molecule has 0 bridgehead atoms. The van der Waals surface area contributed by atoms with E-state index >= 15 is 0 Å². The quantitative estimate of drug-likeness (QED) is 0.905. The number of hydrogen-bond donors (Lipinski definition) is 1. The average Bonchev–Trinajstić information content (AvgIpc) is 3.13. The van der Waals surface area contributed by atoms with Crippen LogP contribution in [0.3, 0.4) is 0 Å². The first-order valence-corrected chi connectivity index (χ1v) is 8.98. The monoisotopic (exact) mass is 346 g/mol. The molecule has 3 rings (SSSR count). The van der Waals surface area contributed by atoms with Gasteiger partial charge in [0, 0.05) is 12.6 Å². The van der Waals surface area contributed by atoms with Crippen molar-refractivity contribution in [2.24, 2.45) is 0 Å². The smallest absolute Gasteiger partial charge is 0.243 e. The average molecular weight is 347 g/mol. The number of hydrogen-bond acceptors (Lipinski definition) is 3. The molecule has 8 heteroatoms. The van der Waals surface area contributed by atoms with E-state index in [4.69, 9.17) is 11.6 Å². The lowest BCUT2D eigenvalue weighted by Crippen LogP contribution is -2.46. The predicted octanol–water partition coefficient (Wildman–Crippen LogP) is 1.91. The van der Waals surface area contributed by atoms with Crippen LogP contribution in [0, 0.1) is 5.82 Å². The Kier molecular flexibility index (Phi) is 4.13. The van der Waals surface area contributed by atoms with Gasteiger partial charge < -0.3 is 5.32 Å². The molecule has 22 heavy (non-hydrogen) atoms. The van der Waals surface area contributed by atoms with Crippen molar-refractivity contribution in [1.29, 1.82) is 0 Å². The van der Waals surface area contributed by atoms with E-state index in [2.05, 4.69) is 5.32 Å². The highest BCUT2D eigenvalue weighted by atomic mass is 35.5. The van der Waals surface area contributed by atoms with E-state index in [9.17, 15) is 17.6 Å². The molecule has 1 saturated heterocycles. The summed E-state index contributed by atoms with van der Waals surface area (Å²) in [4.78, 5) is 12.1. The normalized spacial score (nSPS) is 22.7. The standard InChI is InChI=1S/C14H16ClFN2O3S/c15-11-8-10(5-6-12(11)16)22(20,21)18-7-1-2-13(18)14(19)17-9-3-4-9/h5-6,8-9,13H,1-4,7H2,(H,17,19)/t13-/m0/s1. The molecule has 1 amide bonds. The van der Waals surface area contributed by atoms with E-state index in [0.29, 0.717) is 12.8 Å². The van der Waals surface area contributed by atoms with Gasteiger partial charge in [0.15, 0.2) is 0 Å². The van der Waals surface area contributed by atoms with Gasteiger partial charge in [-0.3, -0.25) is 4.79 Å². The number of carbonyl (C=O) groups excluding carboxylic acids is 1. The van der Waals surface area contributed by atoms with Crippen molar-refractivity contribution in [3.63, 3.8) is 0 Å². The van der Waals surface area contributed by atoms with E-state index in [1.54, 1.807) is 0 Å². The van der Waals surface area contributed by atoms with Crippen LogP contribution < -0.4 is 5.32 Å². The number of benzene rings is 1. The van der Waals surface area contributed by atoms with Crippen molar-refractivity contribution in [3.05, 3.63) is 29.0 Å². The zero-order valence-corrected chi connectivity index (χ0v) is 13.3. The van der Waals surface area contributed by atoms with Crippen LogP contribution in [0.4, 0.5) is 4.39 Å². The molecule has 1 aliphatic carbocycles. The van der Waals surface area contributed by atoms with Crippen molar-refractivity contribution < 1.29 is 17.6 Å². The van der Waals surface area contributed by atoms with Crippen LogP contribution in [0.2, 0.25) is 5.02 Å². The summed E-state index contributed by atoms with van der Waals surface area (Å²) in [6, 6.07) is 2.75. The second-order valence-electron chi connectivity index (χ2n) is 5.63. The van der Waals surface area contributed by atoms with Crippen molar-refractivity contribution in [1.82, 2.24) is 9.62 Å². The minimum atomic E-state index is -3.87. The Morgan fingerprint density at radius 2 is 2.05 bits per heavy atom. The summed E-state index contributed by atoms with van der Waals surface area (Å²) in [7, 11) is -3.87. The maximum Gasteiger partial charge on any atom is 0.243 e. The third-order valence-electron chi connectivity index (χ3n) is 3.93. The first-order valence-electron chi connectivity index (χ1n) is 7.17. The molecule has 0 unspecified atom stereocenters. The molecule has 1 saturated carbocycles. The summed E-state index contributed by atoms with van der Waals surface area (Å²) >= 11 is 5.67. The molecular formula is C14H16ClFN2O3S. The summed E-state index contributed by atoms with van der Waals surface area (Å²) in [5, 5.41) is 2.59. The highest BCUT2D eigenvalue weighted by molar-refractivity contribution is 7.89. The molecule has 1 aromatic carbocycles. The zero-order chi connectivity index (χ0) is 15.9. The van der Waals surface area contributed by atoms with Gasteiger partial charge >= 0.3 is 0 Å². The molecule has 0 radical (unpaired) electrons. The van der Waals surface area contributed by atoms with E-state index in [0.717, 1.165) is 25.0 Å². The molecule has 5 nitrogen and oxygen atoms in total. The number of amides is 1. The van der Waals surface area contributed by atoms with Gasteiger partial charge in [-0.25, -0.2) is 12.8 Å². The lowest BCUT2D eigenvalue weighted by Gasteiger charge is -2.23. The zero-order valence-electron chi connectivity index (χ0n) is 11.8. The summed E-state index contributed by atoms with van der Waals surface area (Å²) < 4.78 is 39.8. The maximum atomic E-state index is 13.2. The van der Waals surface area contributed by atoms with E-state index in [1.165, 1.54) is 10.4 Å². The maximum absolute atomic E-state index is 13.2. The minimum absolute atomic E-state index is 0.0926. The topological polar surface area (TPSA) is 66.5 Å². The van der Waals surface area contributed by atoms with Crippen molar-refractivity contribution in [2.45, 2.75) is 42.7 Å². The second-order valence-corrected chi connectivity index (χ2v) is 7.93. The Balaban J connectivity index is 1.86. The van der Waals surface area contributed by atoms with E-state index in [-0.39, 0.29) is 28.4 Å². The molecular weight excluding hydrogens is 331 g/mol. The van der Waals surface area contributed by atoms with E-state index < -0.39 is 21.9 Å². The highest BCUT2D eigenvalue weighted by Crippen LogP contribution is 2.29. The number of halogens is 2. The van der Waals surface area contributed by atoms with Crippen molar-refractivity contribution in [3.8, 4) is 0 Å². The Bertz CT molecular complexity index is 706. The fourth-order valence-corrected chi connectivity index (χ4v) is 4.52. The molecule has 1 N–H and O–H groups in total. The molecule has 0 aromatic heterocycles. The summed E-state index contributed by atoms with van der Waals surface area (Å²) in [6.45, 7) is 0.278. The number of rotatable bonds is 4. The third kappa shape index (κ3) is 2.98. The van der Waals surface area contributed by atoms with Crippen LogP contribution in [-0.4, -0.2) is 37.3 Å². The second kappa shape index (κ2) is 5.79. The lowest BCUT2D eigenvalue weighted by atomic mass is 10.2. The van der Waals surface area contributed by atoms with Crippen LogP contribution in [0.1, 0.15) is 25.7 Å². The molecule has 2 fully saturated rings. The van der Waals surface area contributed by atoms with Crippen molar-refractivity contribution >= 4 is 27.5 Å². The summed E-state index contributed by atoms with van der Waals surface area (Å²) in [6.07, 6.45) is 3.00. The number of carbonyl (C=O) groups is 1. The Hall–Kier alpha value is -1.18. The first-order chi connectivity index (χ1) is 10.4. The first kappa shape index (κ1) is 15.7. The Morgan fingerprint density at radius 3 is 2.68 bits per heavy atom. The van der Waals surface area contributed by atoms with Crippen LogP contribution >= 0.6 is 11.6 Å². The number of sulfonamides is 1. The fraction of sp³-hybridized carbons (Fsp3) is 0.500. The SMILES string of the molecule is O=C(NC1CC1)[C@@H]1CCCN1S(=O)(=O)c1ccc(F)c(Cl)c1. The van der Waals surface area contributed by atoms with Gasteiger partial charge in [-0.2, -0.15) is 4.31 Å². The molecule has 1 heterocycles. The largest absolute Gasteiger partial charge is 0.352 e. The Morgan fingerprint density at radius 1 is 1.32 bits per heavy atom. The van der Waals surface area contributed by atoms with Gasteiger partial charge in [-0.15, -0.1) is 0 Å². The summed E-state index contributed by atoms with van der Waals surface area (Å²) in [5.41, 5.74) is 0. The molecule has 2 aliphatic rings. The molecule has 0 spiro atoms. The number of nitrogens with zero attached hydrogens (tertiary/aromatic N) is 1. The van der Waals surface area contributed by atoms with Gasteiger partial charge in [0.25, 0.3) is 0 Å².